The van der Waals surface area contributed by atoms with Crippen LogP contribution in [0.25, 0.3) is 11.5 Å². The molecular formula is C14H17FN4. The predicted molar refractivity (Wildman–Crippen MR) is 72.1 cm³/mol. The lowest BCUT2D eigenvalue weighted by atomic mass is 10.1. The molecule has 0 aromatic carbocycles. The van der Waals surface area contributed by atoms with E-state index in [-0.39, 0.29) is 5.82 Å². The van der Waals surface area contributed by atoms with E-state index in [1.165, 1.54) is 12.3 Å². The highest BCUT2D eigenvalue weighted by Crippen LogP contribution is 2.17. The van der Waals surface area contributed by atoms with Gasteiger partial charge in [0, 0.05) is 23.5 Å². The van der Waals surface area contributed by atoms with Crippen molar-refractivity contribution in [2.75, 3.05) is 6.54 Å². The van der Waals surface area contributed by atoms with Crippen molar-refractivity contribution in [3.8, 4) is 11.5 Å². The van der Waals surface area contributed by atoms with E-state index in [0.29, 0.717) is 11.5 Å². The number of nitrogens with one attached hydrogen (secondary N) is 1. The fraction of sp³-hybridized carbons (Fsp3) is 0.357. The first-order valence-corrected chi connectivity index (χ1v) is 6.28. The van der Waals surface area contributed by atoms with E-state index < -0.39 is 0 Å². The molecular weight excluding hydrogens is 243 g/mol. The third-order valence-corrected chi connectivity index (χ3v) is 2.93. The molecule has 0 spiro atoms. The fourth-order valence-corrected chi connectivity index (χ4v) is 1.87. The smallest absolute Gasteiger partial charge is 0.178 e. The molecule has 0 bridgehead atoms. The Morgan fingerprint density at radius 2 is 1.84 bits per heavy atom. The van der Waals surface area contributed by atoms with E-state index in [9.17, 15) is 4.39 Å². The number of aryl methyl sites for hydroxylation is 2. The molecule has 0 atom stereocenters. The standard InChI is InChI=1S/C14H17FN4/c1-4-16-8-12-9(2)18-14(19-10(12)3)13-6-5-11(15)7-17-13/h5-7,16H,4,8H2,1-3H3. The van der Waals surface area contributed by atoms with Gasteiger partial charge in [0.2, 0.25) is 0 Å². The lowest BCUT2D eigenvalue weighted by molar-refractivity contribution is 0.621. The summed E-state index contributed by atoms with van der Waals surface area (Å²) in [6.07, 6.45) is 1.18. The zero-order chi connectivity index (χ0) is 13.8. The third kappa shape index (κ3) is 3.12. The van der Waals surface area contributed by atoms with Crippen molar-refractivity contribution < 1.29 is 4.39 Å². The lowest BCUT2D eigenvalue weighted by Gasteiger charge is -2.10. The van der Waals surface area contributed by atoms with Crippen molar-refractivity contribution in [2.45, 2.75) is 27.3 Å². The van der Waals surface area contributed by atoms with Crippen LogP contribution in [0, 0.1) is 19.7 Å². The number of nitrogens with zero attached hydrogens (tertiary/aromatic N) is 3. The summed E-state index contributed by atoms with van der Waals surface area (Å²) in [5.74, 6) is 0.177. The van der Waals surface area contributed by atoms with Crippen LogP contribution in [0.3, 0.4) is 0 Å². The molecule has 1 N–H and O–H groups in total. The van der Waals surface area contributed by atoms with Crippen LogP contribution in [0.1, 0.15) is 23.9 Å². The second kappa shape index (κ2) is 5.84. The van der Waals surface area contributed by atoms with E-state index in [0.717, 1.165) is 30.0 Å². The number of halogens is 1. The van der Waals surface area contributed by atoms with Gasteiger partial charge in [-0.1, -0.05) is 6.92 Å². The summed E-state index contributed by atoms with van der Waals surface area (Å²) in [5, 5.41) is 3.27. The molecule has 0 aliphatic rings. The SMILES string of the molecule is CCNCc1c(C)nc(-c2ccc(F)cn2)nc1C. The molecule has 19 heavy (non-hydrogen) atoms. The first-order chi connectivity index (χ1) is 9.11. The Morgan fingerprint density at radius 1 is 1.16 bits per heavy atom. The number of hydrogen-bond donors (Lipinski definition) is 1. The minimum Gasteiger partial charge on any atom is -0.313 e. The van der Waals surface area contributed by atoms with Crippen LogP contribution < -0.4 is 5.32 Å². The van der Waals surface area contributed by atoms with Crippen molar-refractivity contribution in [2.24, 2.45) is 0 Å². The molecule has 2 aromatic rings. The molecule has 0 saturated carbocycles. The first-order valence-electron chi connectivity index (χ1n) is 6.28. The van der Waals surface area contributed by atoms with Crippen LogP contribution in [0.2, 0.25) is 0 Å². The highest BCUT2D eigenvalue weighted by atomic mass is 19.1. The second-order valence-corrected chi connectivity index (χ2v) is 4.34. The van der Waals surface area contributed by atoms with Gasteiger partial charge in [-0.2, -0.15) is 0 Å². The zero-order valence-electron chi connectivity index (χ0n) is 11.4. The fourth-order valence-electron chi connectivity index (χ4n) is 1.87. The summed E-state index contributed by atoms with van der Waals surface area (Å²) in [5.41, 5.74) is 3.54. The van der Waals surface area contributed by atoms with Crippen LogP contribution in [0.15, 0.2) is 18.3 Å². The Balaban J connectivity index is 2.36. The summed E-state index contributed by atoms with van der Waals surface area (Å²) in [7, 11) is 0. The summed E-state index contributed by atoms with van der Waals surface area (Å²) in [4.78, 5) is 12.9. The molecule has 0 aliphatic heterocycles. The van der Waals surface area contributed by atoms with Gasteiger partial charge in [0.1, 0.15) is 11.5 Å². The highest BCUT2D eigenvalue weighted by molar-refractivity contribution is 5.50. The maximum atomic E-state index is 12.9. The topological polar surface area (TPSA) is 50.7 Å². The van der Waals surface area contributed by atoms with Crippen molar-refractivity contribution in [3.63, 3.8) is 0 Å². The van der Waals surface area contributed by atoms with Crippen molar-refractivity contribution in [3.05, 3.63) is 41.1 Å². The van der Waals surface area contributed by atoms with Gasteiger partial charge in [-0.3, -0.25) is 0 Å². The van der Waals surface area contributed by atoms with Gasteiger partial charge in [-0.25, -0.2) is 19.3 Å². The Morgan fingerprint density at radius 3 is 2.37 bits per heavy atom. The van der Waals surface area contributed by atoms with Gasteiger partial charge in [0.25, 0.3) is 0 Å². The monoisotopic (exact) mass is 260 g/mol. The van der Waals surface area contributed by atoms with E-state index in [2.05, 4.69) is 27.2 Å². The maximum absolute atomic E-state index is 12.9. The molecule has 4 nitrogen and oxygen atoms in total. The Kier molecular flexibility index (Phi) is 4.16. The van der Waals surface area contributed by atoms with E-state index in [1.54, 1.807) is 6.07 Å². The number of aromatic nitrogens is 3. The minimum atomic E-state index is -0.360. The molecule has 0 saturated heterocycles. The summed E-state index contributed by atoms with van der Waals surface area (Å²) in [6, 6.07) is 2.95. The molecule has 0 amide bonds. The van der Waals surface area contributed by atoms with Crippen LogP contribution in [-0.2, 0) is 6.54 Å². The molecule has 2 rings (SSSR count). The molecule has 2 aromatic heterocycles. The predicted octanol–water partition coefficient (Wildman–Crippen LogP) is 2.40. The van der Waals surface area contributed by atoms with Crippen LogP contribution in [0.4, 0.5) is 4.39 Å². The van der Waals surface area contributed by atoms with E-state index >= 15 is 0 Å². The average molecular weight is 260 g/mol. The molecule has 5 heteroatoms. The Labute approximate surface area is 112 Å². The zero-order valence-corrected chi connectivity index (χ0v) is 11.4. The number of pyridine rings is 1. The molecule has 0 fully saturated rings. The quantitative estimate of drug-likeness (QED) is 0.917. The molecule has 2 heterocycles. The first kappa shape index (κ1) is 13.5. The van der Waals surface area contributed by atoms with Gasteiger partial charge in [0.15, 0.2) is 5.82 Å². The minimum absolute atomic E-state index is 0.360. The van der Waals surface area contributed by atoms with E-state index in [4.69, 9.17) is 0 Å². The third-order valence-electron chi connectivity index (χ3n) is 2.93. The second-order valence-electron chi connectivity index (χ2n) is 4.34. The van der Waals surface area contributed by atoms with Crippen LogP contribution in [0.5, 0.6) is 0 Å². The van der Waals surface area contributed by atoms with Gasteiger partial charge in [-0.15, -0.1) is 0 Å². The van der Waals surface area contributed by atoms with Gasteiger partial charge in [0.05, 0.1) is 6.20 Å². The largest absolute Gasteiger partial charge is 0.313 e. The van der Waals surface area contributed by atoms with Gasteiger partial charge in [-0.05, 0) is 32.5 Å². The van der Waals surface area contributed by atoms with Crippen molar-refractivity contribution in [1.82, 2.24) is 20.3 Å². The number of rotatable bonds is 4. The van der Waals surface area contributed by atoms with Crippen LogP contribution >= 0.6 is 0 Å². The summed E-state index contributed by atoms with van der Waals surface area (Å²) < 4.78 is 12.9. The summed E-state index contributed by atoms with van der Waals surface area (Å²) in [6.45, 7) is 7.62. The van der Waals surface area contributed by atoms with Gasteiger partial charge >= 0.3 is 0 Å². The highest BCUT2D eigenvalue weighted by Gasteiger charge is 2.10. The lowest BCUT2D eigenvalue weighted by Crippen LogP contribution is -2.15. The van der Waals surface area contributed by atoms with Crippen molar-refractivity contribution >= 4 is 0 Å². The maximum Gasteiger partial charge on any atom is 0.178 e. The Bertz CT molecular complexity index is 543. The molecule has 0 radical (unpaired) electrons. The van der Waals surface area contributed by atoms with E-state index in [1.807, 2.05) is 13.8 Å². The van der Waals surface area contributed by atoms with Crippen molar-refractivity contribution in [1.29, 1.82) is 0 Å². The number of hydrogen-bond acceptors (Lipinski definition) is 4. The molecule has 0 unspecified atom stereocenters. The molecule has 100 valence electrons. The normalized spacial score (nSPS) is 10.7. The van der Waals surface area contributed by atoms with Crippen LogP contribution in [-0.4, -0.2) is 21.5 Å². The molecule has 0 aliphatic carbocycles. The summed E-state index contributed by atoms with van der Waals surface area (Å²) >= 11 is 0. The Hall–Kier alpha value is -1.88. The average Bonchev–Trinajstić information content (AvgIpc) is 2.38. The van der Waals surface area contributed by atoms with Gasteiger partial charge < -0.3 is 5.32 Å².